The zero-order valence-electron chi connectivity index (χ0n) is 14.4. The molecule has 1 aromatic heterocycles. The second-order valence-electron chi connectivity index (χ2n) is 6.49. The number of aromatic amines is 1. The number of rotatable bonds is 5. The topological polar surface area (TPSA) is 92.1 Å². The molecule has 132 valence electrons. The molecule has 6 heteroatoms. The molecule has 0 radical (unpaired) electrons. The first kappa shape index (κ1) is 17.2. The largest absolute Gasteiger partial charge is 0.364 e. The van der Waals surface area contributed by atoms with E-state index in [9.17, 15) is 9.59 Å². The molecule has 2 amide bonds. The Balaban J connectivity index is 1.86. The van der Waals surface area contributed by atoms with Crippen molar-refractivity contribution in [1.29, 1.82) is 0 Å². The molecular formula is C19H24N4O2. The lowest BCUT2D eigenvalue weighted by molar-refractivity contribution is -0.137. The van der Waals surface area contributed by atoms with E-state index < -0.39 is 5.91 Å². The van der Waals surface area contributed by atoms with Crippen LogP contribution >= 0.6 is 0 Å². The molecule has 1 aromatic carbocycles. The fraction of sp³-hybridized carbons (Fsp3) is 0.421. The van der Waals surface area contributed by atoms with Crippen molar-refractivity contribution in [3.63, 3.8) is 0 Å². The van der Waals surface area contributed by atoms with Gasteiger partial charge >= 0.3 is 0 Å². The van der Waals surface area contributed by atoms with E-state index in [1.165, 1.54) is 0 Å². The van der Waals surface area contributed by atoms with Gasteiger partial charge in [-0.2, -0.15) is 5.10 Å². The summed E-state index contributed by atoms with van der Waals surface area (Å²) in [7, 11) is 0. The van der Waals surface area contributed by atoms with Crippen LogP contribution in [0.15, 0.2) is 36.4 Å². The van der Waals surface area contributed by atoms with Crippen molar-refractivity contribution in [2.24, 2.45) is 5.73 Å². The third-order valence-corrected chi connectivity index (χ3v) is 4.90. The maximum absolute atomic E-state index is 13.3. The van der Waals surface area contributed by atoms with Gasteiger partial charge in [-0.05, 0) is 37.3 Å². The number of nitrogens with one attached hydrogen (secondary N) is 1. The van der Waals surface area contributed by atoms with Gasteiger partial charge in [0.1, 0.15) is 5.69 Å². The van der Waals surface area contributed by atoms with Crippen LogP contribution in [0.3, 0.4) is 0 Å². The van der Waals surface area contributed by atoms with Crippen molar-refractivity contribution in [3.8, 4) is 0 Å². The van der Waals surface area contributed by atoms with E-state index in [2.05, 4.69) is 10.2 Å². The molecule has 0 spiro atoms. The number of likely N-dealkylation sites (tertiary alicyclic amines) is 1. The molecule has 1 fully saturated rings. The molecule has 2 aromatic rings. The second kappa shape index (κ2) is 7.51. The smallest absolute Gasteiger partial charge is 0.269 e. The highest BCUT2D eigenvalue weighted by molar-refractivity contribution is 5.90. The van der Waals surface area contributed by atoms with E-state index >= 15 is 0 Å². The van der Waals surface area contributed by atoms with Gasteiger partial charge < -0.3 is 10.6 Å². The lowest BCUT2D eigenvalue weighted by atomic mass is 9.91. The minimum absolute atomic E-state index is 0.0837. The number of nitrogens with zero attached hydrogens (tertiary/aromatic N) is 2. The van der Waals surface area contributed by atoms with Gasteiger partial charge in [0.15, 0.2) is 0 Å². The summed E-state index contributed by atoms with van der Waals surface area (Å²) in [6.45, 7) is 2.76. The Bertz CT molecular complexity index is 741. The summed E-state index contributed by atoms with van der Waals surface area (Å²) in [5, 5.41) is 6.86. The van der Waals surface area contributed by atoms with Crippen LogP contribution < -0.4 is 5.73 Å². The second-order valence-corrected chi connectivity index (χ2v) is 6.49. The number of hydrogen-bond donors (Lipinski definition) is 2. The maximum Gasteiger partial charge on any atom is 0.269 e. The summed E-state index contributed by atoms with van der Waals surface area (Å²) < 4.78 is 0. The number of amides is 2. The van der Waals surface area contributed by atoms with E-state index in [1.54, 1.807) is 6.07 Å². The molecule has 2 atom stereocenters. The van der Waals surface area contributed by atoms with E-state index in [4.69, 9.17) is 5.73 Å². The van der Waals surface area contributed by atoms with Crippen molar-refractivity contribution in [2.75, 3.05) is 6.54 Å². The van der Waals surface area contributed by atoms with E-state index in [0.717, 1.165) is 43.5 Å². The predicted octanol–water partition coefficient (Wildman–Crippen LogP) is 2.76. The molecule has 2 heterocycles. The molecule has 0 bridgehead atoms. The Morgan fingerprint density at radius 2 is 2.08 bits per heavy atom. The van der Waals surface area contributed by atoms with Gasteiger partial charge in [-0.25, -0.2) is 0 Å². The fourth-order valence-electron chi connectivity index (χ4n) is 3.59. The van der Waals surface area contributed by atoms with Crippen LogP contribution in [0.25, 0.3) is 0 Å². The average Bonchev–Trinajstić information content (AvgIpc) is 3.13. The molecule has 3 N–H and O–H groups in total. The van der Waals surface area contributed by atoms with E-state index in [1.807, 2.05) is 42.2 Å². The van der Waals surface area contributed by atoms with Crippen molar-refractivity contribution >= 4 is 11.8 Å². The van der Waals surface area contributed by atoms with Gasteiger partial charge in [0.2, 0.25) is 5.91 Å². The molecular weight excluding hydrogens is 316 g/mol. The summed E-state index contributed by atoms with van der Waals surface area (Å²) in [5.74, 6) is -0.583. The number of primary amides is 1. The normalized spacial score (nSPS) is 18.8. The van der Waals surface area contributed by atoms with Crippen LogP contribution in [0.4, 0.5) is 0 Å². The fourth-order valence-corrected chi connectivity index (χ4v) is 3.59. The number of aromatic nitrogens is 2. The predicted molar refractivity (Wildman–Crippen MR) is 94.9 cm³/mol. The van der Waals surface area contributed by atoms with Crippen LogP contribution in [-0.4, -0.2) is 33.5 Å². The zero-order valence-corrected chi connectivity index (χ0v) is 14.4. The Labute approximate surface area is 147 Å². The summed E-state index contributed by atoms with van der Waals surface area (Å²) >= 11 is 0. The van der Waals surface area contributed by atoms with Crippen molar-refractivity contribution in [1.82, 2.24) is 15.1 Å². The standard InChI is InChI=1S/C19H24N4O2/c1-2-14(13-8-4-3-5-9-13)19(25)23-11-7-6-10-17(23)15-12-16(18(20)24)22-21-15/h3-5,8-9,12,14,17H,2,6-7,10-11H2,1H3,(H2,20,24)(H,21,22)/t14-,17-/m0/s1. The Kier molecular flexibility index (Phi) is 5.16. The number of hydrogen-bond acceptors (Lipinski definition) is 3. The van der Waals surface area contributed by atoms with Crippen LogP contribution in [0.2, 0.25) is 0 Å². The van der Waals surface area contributed by atoms with Crippen LogP contribution in [-0.2, 0) is 4.79 Å². The van der Waals surface area contributed by atoms with Gasteiger partial charge in [-0.3, -0.25) is 14.7 Å². The van der Waals surface area contributed by atoms with Crippen molar-refractivity contribution < 1.29 is 9.59 Å². The maximum atomic E-state index is 13.3. The number of carbonyl (C=O) groups excluding carboxylic acids is 2. The Hall–Kier alpha value is -2.63. The number of piperidine rings is 1. The van der Waals surface area contributed by atoms with Crippen LogP contribution in [0.1, 0.15) is 66.3 Å². The highest BCUT2D eigenvalue weighted by Gasteiger charge is 2.33. The minimum Gasteiger partial charge on any atom is -0.364 e. The first-order valence-corrected chi connectivity index (χ1v) is 8.82. The van der Waals surface area contributed by atoms with Gasteiger partial charge in [0, 0.05) is 6.54 Å². The van der Waals surface area contributed by atoms with Crippen LogP contribution in [0.5, 0.6) is 0 Å². The van der Waals surface area contributed by atoms with Gasteiger partial charge in [0.05, 0.1) is 17.7 Å². The SMILES string of the molecule is CC[C@H](C(=O)N1CCCC[C@H]1c1cc(C(N)=O)n[nH]1)c1ccccc1. The highest BCUT2D eigenvalue weighted by Crippen LogP contribution is 2.34. The van der Waals surface area contributed by atoms with E-state index in [-0.39, 0.29) is 23.6 Å². The third kappa shape index (κ3) is 3.57. The Morgan fingerprint density at radius 3 is 2.72 bits per heavy atom. The first-order chi connectivity index (χ1) is 12.1. The summed E-state index contributed by atoms with van der Waals surface area (Å²) in [5.41, 5.74) is 7.33. The molecule has 0 unspecified atom stereocenters. The summed E-state index contributed by atoms with van der Waals surface area (Å²) in [4.78, 5) is 26.5. The number of carbonyl (C=O) groups is 2. The molecule has 6 nitrogen and oxygen atoms in total. The Morgan fingerprint density at radius 1 is 1.32 bits per heavy atom. The molecule has 0 saturated carbocycles. The van der Waals surface area contributed by atoms with Gasteiger partial charge in [-0.1, -0.05) is 37.3 Å². The average molecular weight is 340 g/mol. The van der Waals surface area contributed by atoms with Crippen molar-refractivity contribution in [3.05, 3.63) is 53.3 Å². The molecule has 1 aliphatic rings. The highest BCUT2D eigenvalue weighted by atomic mass is 16.2. The van der Waals surface area contributed by atoms with Gasteiger partial charge in [0.25, 0.3) is 5.91 Å². The molecule has 25 heavy (non-hydrogen) atoms. The lowest BCUT2D eigenvalue weighted by Gasteiger charge is -2.37. The van der Waals surface area contributed by atoms with E-state index in [0.29, 0.717) is 0 Å². The number of benzene rings is 1. The van der Waals surface area contributed by atoms with Crippen molar-refractivity contribution in [2.45, 2.75) is 44.6 Å². The van der Waals surface area contributed by atoms with Crippen LogP contribution in [0, 0.1) is 0 Å². The van der Waals surface area contributed by atoms with Gasteiger partial charge in [-0.15, -0.1) is 0 Å². The minimum atomic E-state index is -0.563. The first-order valence-electron chi connectivity index (χ1n) is 8.82. The third-order valence-electron chi connectivity index (χ3n) is 4.90. The lowest BCUT2D eigenvalue weighted by Crippen LogP contribution is -2.41. The molecule has 1 saturated heterocycles. The monoisotopic (exact) mass is 340 g/mol. The number of H-pyrrole nitrogens is 1. The molecule has 3 rings (SSSR count). The quantitative estimate of drug-likeness (QED) is 0.876. The molecule has 1 aliphatic heterocycles. The summed E-state index contributed by atoms with van der Waals surface area (Å²) in [6.07, 6.45) is 3.64. The number of nitrogens with two attached hydrogens (primary N) is 1. The molecule has 0 aliphatic carbocycles. The zero-order chi connectivity index (χ0) is 17.8. The summed E-state index contributed by atoms with van der Waals surface area (Å²) in [6, 6.07) is 11.5.